The van der Waals surface area contributed by atoms with E-state index in [1.54, 1.807) is 0 Å². The average molecular weight is 490 g/mol. The fourth-order valence-electron chi connectivity index (χ4n) is 2.83. The first-order chi connectivity index (χ1) is 11.1. The zero-order valence-electron chi connectivity index (χ0n) is 17.9. The van der Waals surface area contributed by atoms with E-state index in [4.69, 9.17) is 9.79 Å². The number of phosphoric ester groups is 1. The van der Waals surface area contributed by atoms with Gasteiger partial charge in [0, 0.05) is 0 Å². The molecule has 0 unspecified atom stereocenters. The van der Waals surface area contributed by atoms with Gasteiger partial charge in [-0.15, -0.1) is 0 Å². The van der Waals surface area contributed by atoms with Gasteiger partial charge in [0.25, 0.3) is 0 Å². The quantitative estimate of drug-likeness (QED) is 0.137. The Kier molecular flexibility index (Phi) is 24.4. The summed E-state index contributed by atoms with van der Waals surface area (Å²) in [4.78, 5) is 17.1. The van der Waals surface area contributed by atoms with Crippen molar-refractivity contribution in [2.45, 2.75) is 110 Å². The molecule has 0 aromatic carbocycles. The first-order valence-corrected chi connectivity index (χ1v) is 11.3. The van der Waals surface area contributed by atoms with Gasteiger partial charge in [0.2, 0.25) is 0 Å². The van der Waals surface area contributed by atoms with Crippen LogP contribution in [0.15, 0.2) is 0 Å². The fourth-order valence-corrected chi connectivity index (χ4v) is 3.20. The minimum absolute atomic E-state index is 0. The largest absolute Gasteiger partial charge is 2.00 e. The predicted molar refractivity (Wildman–Crippen MR) is 106 cm³/mol. The van der Waals surface area contributed by atoms with Crippen LogP contribution >= 0.6 is 7.82 Å². The van der Waals surface area contributed by atoms with Crippen molar-refractivity contribution in [3.05, 3.63) is 0 Å². The van der Waals surface area contributed by atoms with Crippen molar-refractivity contribution >= 4 is 56.7 Å². The molecule has 0 amide bonds. The van der Waals surface area contributed by atoms with Crippen molar-refractivity contribution in [1.29, 1.82) is 0 Å². The van der Waals surface area contributed by atoms with E-state index < -0.39 is 7.82 Å². The summed E-state index contributed by atoms with van der Waals surface area (Å²) in [6, 6.07) is 0. The van der Waals surface area contributed by atoms with Crippen molar-refractivity contribution in [2.75, 3.05) is 6.61 Å². The summed E-state index contributed by atoms with van der Waals surface area (Å²) in [5.74, 6) is 0. The molecule has 0 aliphatic rings. The van der Waals surface area contributed by atoms with Gasteiger partial charge in [0.1, 0.15) is 0 Å². The van der Waals surface area contributed by atoms with E-state index in [1.165, 1.54) is 83.5 Å². The monoisotopic (exact) mass is 490 g/mol. The van der Waals surface area contributed by atoms with Crippen LogP contribution in [0.4, 0.5) is 0 Å². The zero-order chi connectivity index (χ0) is 17.2. The number of unbranched alkanes of at least 4 members (excludes halogenated alkanes) is 15. The van der Waals surface area contributed by atoms with E-state index in [0.717, 1.165) is 19.3 Å². The predicted octanol–water partition coefficient (Wildman–Crippen LogP) is 6.20. The Morgan fingerprint density at radius 3 is 1.25 bits per heavy atom. The second kappa shape index (κ2) is 21.0. The van der Waals surface area contributed by atoms with Crippen molar-refractivity contribution in [1.82, 2.24) is 0 Å². The third-order valence-corrected chi connectivity index (χ3v) is 4.78. The molecule has 0 saturated heterocycles. The van der Waals surface area contributed by atoms with Gasteiger partial charge < -0.3 is 12.6 Å². The minimum Gasteiger partial charge on any atom is -1.00 e. The molecule has 0 spiro atoms. The van der Waals surface area contributed by atoms with E-state index in [-0.39, 0.29) is 58.3 Å². The Balaban J connectivity index is -0.000000807. The van der Waals surface area contributed by atoms with Gasteiger partial charge in [-0.1, -0.05) is 103 Å². The second-order valence-corrected chi connectivity index (χ2v) is 7.87. The summed E-state index contributed by atoms with van der Waals surface area (Å²) in [6.45, 7) is 2.43. The van der Waals surface area contributed by atoms with Gasteiger partial charge in [-0.05, 0) is 6.42 Å². The maximum atomic E-state index is 10.5. The molecule has 0 aromatic rings. The van der Waals surface area contributed by atoms with Crippen LogP contribution in [0.1, 0.15) is 113 Å². The number of rotatable bonds is 18. The molecule has 2 N–H and O–H groups in total. The molecule has 24 heavy (non-hydrogen) atoms. The van der Waals surface area contributed by atoms with Crippen molar-refractivity contribution in [2.24, 2.45) is 0 Å². The van der Waals surface area contributed by atoms with E-state index in [2.05, 4.69) is 11.4 Å². The van der Waals surface area contributed by atoms with Gasteiger partial charge in [-0.25, -0.2) is 4.57 Å². The molecule has 0 rings (SSSR count). The van der Waals surface area contributed by atoms with Crippen LogP contribution in [0.3, 0.4) is 0 Å². The van der Waals surface area contributed by atoms with Crippen LogP contribution in [-0.2, 0) is 9.09 Å². The summed E-state index contributed by atoms with van der Waals surface area (Å²) in [6.07, 6.45) is 20.7. The Labute approximate surface area is 193 Å². The summed E-state index contributed by atoms with van der Waals surface area (Å²) in [5.41, 5.74) is 0. The van der Waals surface area contributed by atoms with Crippen molar-refractivity contribution in [3.63, 3.8) is 0 Å². The summed E-state index contributed by atoms with van der Waals surface area (Å²) >= 11 is 0. The molecule has 0 aromatic heterocycles. The van der Waals surface area contributed by atoms with Crippen molar-refractivity contribution < 1.29 is 21.7 Å². The standard InChI is InChI=1S/C18H39O4P.Ba.2H/c1-2-3-4-5-6-7-8-9-10-11-12-13-14-15-16-17-18-22-23(19,20)21;;;/h2-18H2,1H3,(H2,19,20,21);;;/q;+2;2*-1. The number of phosphoric acid groups is 1. The van der Waals surface area contributed by atoms with E-state index in [0.29, 0.717) is 0 Å². The van der Waals surface area contributed by atoms with Gasteiger partial charge >= 0.3 is 56.7 Å². The number of hydrogen-bond donors (Lipinski definition) is 2. The summed E-state index contributed by atoms with van der Waals surface area (Å²) < 4.78 is 14.9. The molecular formula is C18H41BaO4P. The first kappa shape index (κ1) is 27.9. The van der Waals surface area contributed by atoms with E-state index >= 15 is 0 Å². The van der Waals surface area contributed by atoms with Crippen LogP contribution < -0.4 is 0 Å². The van der Waals surface area contributed by atoms with Gasteiger partial charge in [-0.2, -0.15) is 0 Å². The van der Waals surface area contributed by atoms with Crippen molar-refractivity contribution in [3.8, 4) is 0 Å². The Bertz CT molecular complexity index is 294. The number of hydrogen-bond acceptors (Lipinski definition) is 2. The van der Waals surface area contributed by atoms with Gasteiger partial charge in [-0.3, -0.25) is 4.52 Å². The molecule has 4 nitrogen and oxygen atoms in total. The SMILES string of the molecule is CCCCCCCCCCCCCCCCCCOP(=O)(O)O.[Ba+2].[H-].[H-]. The normalized spacial score (nSPS) is 11.5. The van der Waals surface area contributed by atoms with Crippen LogP contribution in [0, 0.1) is 0 Å². The molecule has 0 saturated carbocycles. The maximum Gasteiger partial charge on any atom is 2.00 e. The molecule has 0 fully saturated rings. The van der Waals surface area contributed by atoms with E-state index in [1.807, 2.05) is 0 Å². The minimum atomic E-state index is -4.26. The van der Waals surface area contributed by atoms with Crippen LogP contribution in [0.2, 0.25) is 0 Å². The second-order valence-electron chi connectivity index (χ2n) is 6.63. The van der Waals surface area contributed by atoms with Crippen LogP contribution in [-0.4, -0.2) is 65.3 Å². The Morgan fingerprint density at radius 1 is 0.667 bits per heavy atom. The molecule has 0 aliphatic heterocycles. The average Bonchev–Trinajstić information content (AvgIpc) is 2.49. The molecular weight excluding hydrogens is 448 g/mol. The van der Waals surface area contributed by atoms with E-state index in [9.17, 15) is 4.57 Å². The molecule has 144 valence electrons. The topological polar surface area (TPSA) is 66.8 Å². The first-order valence-electron chi connectivity index (χ1n) is 9.76. The molecule has 0 radical (unpaired) electrons. The smallest absolute Gasteiger partial charge is 1.00 e. The van der Waals surface area contributed by atoms with Gasteiger partial charge in [0.15, 0.2) is 0 Å². The molecule has 0 bridgehead atoms. The Hall–Kier alpha value is 1.68. The third kappa shape index (κ3) is 25.9. The molecule has 0 atom stereocenters. The Morgan fingerprint density at radius 2 is 0.958 bits per heavy atom. The fraction of sp³-hybridized carbons (Fsp3) is 1.00. The molecule has 0 aliphatic carbocycles. The van der Waals surface area contributed by atoms with Crippen LogP contribution in [0.5, 0.6) is 0 Å². The summed E-state index contributed by atoms with van der Waals surface area (Å²) in [5, 5.41) is 0. The van der Waals surface area contributed by atoms with Gasteiger partial charge in [0.05, 0.1) is 6.61 Å². The molecule has 6 heteroatoms. The third-order valence-electron chi connectivity index (χ3n) is 4.26. The maximum absolute atomic E-state index is 10.5. The zero-order valence-corrected chi connectivity index (χ0v) is 21.2. The molecule has 0 heterocycles. The summed E-state index contributed by atoms with van der Waals surface area (Å²) in [7, 11) is -4.26. The van der Waals surface area contributed by atoms with Crippen LogP contribution in [0.25, 0.3) is 0 Å².